The fourth-order valence-electron chi connectivity index (χ4n) is 2.27. The summed E-state index contributed by atoms with van der Waals surface area (Å²) in [5, 5.41) is 5.98. The maximum atomic E-state index is 12.9. The standard InChI is InChI=1S/C19H23FN4O/c1-2-3-19(25)23-17-10-6-15(7-11-17)18(24-21)13-22-12-14-4-8-16(20)9-5-14/h4-11,13,22,24H,2-3,12,21H2,1H3,(H,23,25)/b18-13-. The van der Waals surface area contributed by atoms with Crippen molar-refractivity contribution in [3.63, 3.8) is 0 Å². The number of amides is 1. The molecule has 0 saturated heterocycles. The summed E-state index contributed by atoms with van der Waals surface area (Å²) in [6, 6.07) is 13.7. The summed E-state index contributed by atoms with van der Waals surface area (Å²) in [5.74, 6) is 5.33. The van der Waals surface area contributed by atoms with Crippen LogP contribution in [0.3, 0.4) is 0 Å². The highest BCUT2D eigenvalue weighted by atomic mass is 19.1. The molecule has 0 aliphatic heterocycles. The third kappa shape index (κ3) is 5.93. The lowest BCUT2D eigenvalue weighted by molar-refractivity contribution is -0.116. The Kier molecular flexibility index (Phi) is 6.98. The van der Waals surface area contributed by atoms with Crippen molar-refractivity contribution in [2.45, 2.75) is 26.3 Å². The predicted octanol–water partition coefficient (Wildman–Crippen LogP) is 3.12. The molecule has 2 rings (SSSR count). The molecule has 0 spiro atoms. The van der Waals surface area contributed by atoms with Crippen LogP contribution in [0.4, 0.5) is 10.1 Å². The van der Waals surface area contributed by atoms with E-state index in [0.29, 0.717) is 18.7 Å². The molecule has 0 atom stereocenters. The molecular formula is C19H23FN4O. The molecule has 132 valence electrons. The van der Waals surface area contributed by atoms with Gasteiger partial charge in [-0.25, -0.2) is 4.39 Å². The van der Waals surface area contributed by atoms with Gasteiger partial charge in [-0.2, -0.15) is 0 Å². The molecule has 6 heteroatoms. The van der Waals surface area contributed by atoms with Gasteiger partial charge in [-0.3, -0.25) is 10.6 Å². The van der Waals surface area contributed by atoms with Gasteiger partial charge in [0.2, 0.25) is 5.91 Å². The first-order valence-corrected chi connectivity index (χ1v) is 8.17. The van der Waals surface area contributed by atoms with Crippen molar-refractivity contribution in [1.82, 2.24) is 10.7 Å². The van der Waals surface area contributed by atoms with E-state index in [1.54, 1.807) is 18.3 Å². The highest BCUT2D eigenvalue weighted by molar-refractivity contribution is 5.90. The molecular weight excluding hydrogens is 319 g/mol. The van der Waals surface area contributed by atoms with Crippen LogP contribution in [0.1, 0.15) is 30.9 Å². The van der Waals surface area contributed by atoms with Crippen LogP contribution < -0.4 is 21.9 Å². The van der Waals surface area contributed by atoms with E-state index in [1.807, 2.05) is 31.2 Å². The summed E-state index contributed by atoms with van der Waals surface area (Å²) in [5.41, 5.74) is 5.93. The van der Waals surface area contributed by atoms with Crippen LogP contribution in [0, 0.1) is 5.82 Å². The van der Waals surface area contributed by atoms with Crippen molar-refractivity contribution < 1.29 is 9.18 Å². The van der Waals surface area contributed by atoms with E-state index in [0.717, 1.165) is 23.2 Å². The fraction of sp³-hybridized carbons (Fsp3) is 0.211. The SMILES string of the molecule is CCCC(=O)Nc1ccc(/C(=C/NCc2ccc(F)cc2)NN)cc1. The minimum atomic E-state index is -0.255. The van der Waals surface area contributed by atoms with Crippen LogP contribution in [0.2, 0.25) is 0 Å². The van der Waals surface area contributed by atoms with E-state index in [1.165, 1.54) is 12.1 Å². The molecule has 5 nitrogen and oxygen atoms in total. The summed E-state index contributed by atoms with van der Waals surface area (Å²) in [7, 11) is 0. The number of nitrogens with one attached hydrogen (secondary N) is 3. The molecule has 2 aromatic rings. The van der Waals surface area contributed by atoms with Gasteiger partial charge in [0.15, 0.2) is 0 Å². The zero-order chi connectivity index (χ0) is 18.1. The zero-order valence-electron chi connectivity index (χ0n) is 14.2. The van der Waals surface area contributed by atoms with Gasteiger partial charge in [0.1, 0.15) is 5.82 Å². The number of carbonyl (C=O) groups excluding carboxylic acids is 1. The zero-order valence-corrected chi connectivity index (χ0v) is 14.2. The van der Waals surface area contributed by atoms with Crippen LogP contribution in [-0.4, -0.2) is 5.91 Å². The fourth-order valence-corrected chi connectivity index (χ4v) is 2.27. The third-order valence-corrected chi connectivity index (χ3v) is 3.58. The lowest BCUT2D eigenvalue weighted by Gasteiger charge is -2.10. The predicted molar refractivity (Wildman–Crippen MR) is 98.5 cm³/mol. The second-order valence-corrected chi connectivity index (χ2v) is 5.59. The Morgan fingerprint density at radius 2 is 1.80 bits per heavy atom. The van der Waals surface area contributed by atoms with E-state index in [2.05, 4.69) is 16.1 Å². The number of hydrazine groups is 1. The van der Waals surface area contributed by atoms with Gasteiger partial charge >= 0.3 is 0 Å². The van der Waals surface area contributed by atoms with Crippen molar-refractivity contribution in [1.29, 1.82) is 0 Å². The minimum absolute atomic E-state index is 0.00364. The van der Waals surface area contributed by atoms with Crippen LogP contribution in [0.5, 0.6) is 0 Å². The van der Waals surface area contributed by atoms with Crippen LogP contribution in [0.25, 0.3) is 5.70 Å². The van der Waals surface area contributed by atoms with Gasteiger partial charge < -0.3 is 16.1 Å². The highest BCUT2D eigenvalue weighted by Crippen LogP contribution is 2.15. The number of carbonyl (C=O) groups is 1. The van der Waals surface area contributed by atoms with Crippen LogP contribution in [-0.2, 0) is 11.3 Å². The number of benzene rings is 2. The largest absolute Gasteiger partial charge is 0.385 e. The number of hydrogen-bond acceptors (Lipinski definition) is 4. The Labute approximate surface area is 147 Å². The Morgan fingerprint density at radius 3 is 2.40 bits per heavy atom. The Morgan fingerprint density at radius 1 is 1.12 bits per heavy atom. The van der Waals surface area contributed by atoms with Crippen molar-refractivity contribution in [3.8, 4) is 0 Å². The molecule has 25 heavy (non-hydrogen) atoms. The average molecular weight is 342 g/mol. The van der Waals surface area contributed by atoms with Gasteiger partial charge in [-0.05, 0) is 36.2 Å². The quantitative estimate of drug-likeness (QED) is 0.439. The van der Waals surface area contributed by atoms with Gasteiger partial charge in [-0.1, -0.05) is 31.2 Å². The molecule has 0 heterocycles. The molecule has 5 N–H and O–H groups in total. The first-order valence-electron chi connectivity index (χ1n) is 8.17. The molecule has 2 aromatic carbocycles. The number of nitrogens with two attached hydrogens (primary N) is 1. The van der Waals surface area contributed by atoms with Gasteiger partial charge in [0.25, 0.3) is 0 Å². The van der Waals surface area contributed by atoms with Crippen molar-refractivity contribution in [3.05, 3.63) is 71.7 Å². The molecule has 0 aliphatic carbocycles. The van der Waals surface area contributed by atoms with Crippen LogP contribution >= 0.6 is 0 Å². The minimum Gasteiger partial charge on any atom is -0.385 e. The Balaban J connectivity index is 1.96. The molecule has 0 aliphatic rings. The molecule has 0 bridgehead atoms. The van der Waals surface area contributed by atoms with Crippen LogP contribution in [0.15, 0.2) is 54.7 Å². The second-order valence-electron chi connectivity index (χ2n) is 5.59. The maximum Gasteiger partial charge on any atom is 0.224 e. The highest BCUT2D eigenvalue weighted by Gasteiger charge is 2.03. The number of halogens is 1. The van der Waals surface area contributed by atoms with Gasteiger partial charge in [-0.15, -0.1) is 0 Å². The molecule has 0 unspecified atom stereocenters. The number of anilines is 1. The smallest absolute Gasteiger partial charge is 0.224 e. The third-order valence-electron chi connectivity index (χ3n) is 3.58. The van der Waals surface area contributed by atoms with E-state index >= 15 is 0 Å². The number of hydrogen-bond donors (Lipinski definition) is 4. The lowest BCUT2D eigenvalue weighted by atomic mass is 10.1. The van der Waals surface area contributed by atoms with Crippen molar-refractivity contribution >= 4 is 17.3 Å². The normalized spacial score (nSPS) is 11.1. The molecule has 0 fully saturated rings. The monoisotopic (exact) mass is 342 g/mol. The summed E-state index contributed by atoms with van der Waals surface area (Å²) in [6.45, 7) is 2.52. The molecule has 0 saturated carbocycles. The summed E-state index contributed by atoms with van der Waals surface area (Å²) >= 11 is 0. The Bertz CT molecular complexity index is 711. The first-order chi connectivity index (χ1) is 12.1. The lowest BCUT2D eigenvalue weighted by Crippen LogP contribution is -2.22. The van der Waals surface area contributed by atoms with Crippen molar-refractivity contribution in [2.24, 2.45) is 5.84 Å². The first kappa shape index (κ1) is 18.5. The second kappa shape index (κ2) is 9.44. The average Bonchev–Trinajstić information content (AvgIpc) is 2.61. The molecule has 1 amide bonds. The van der Waals surface area contributed by atoms with Crippen molar-refractivity contribution in [2.75, 3.05) is 5.32 Å². The molecule has 0 radical (unpaired) electrons. The van der Waals surface area contributed by atoms with E-state index < -0.39 is 0 Å². The van der Waals surface area contributed by atoms with E-state index in [4.69, 9.17) is 5.84 Å². The van der Waals surface area contributed by atoms with Gasteiger partial charge in [0.05, 0.1) is 5.70 Å². The summed E-state index contributed by atoms with van der Waals surface area (Å²) < 4.78 is 12.9. The molecule has 0 aromatic heterocycles. The summed E-state index contributed by atoms with van der Waals surface area (Å²) in [4.78, 5) is 11.6. The van der Waals surface area contributed by atoms with E-state index in [-0.39, 0.29) is 11.7 Å². The maximum absolute atomic E-state index is 12.9. The van der Waals surface area contributed by atoms with E-state index in [9.17, 15) is 9.18 Å². The Hall–Kier alpha value is -2.86. The number of rotatable bonds is 8. The van der Waals surface area contributed by atoms with Gasteiger partial charge in [0, 0.05) is 30.4 Å². The topological polar surface area (TPSA) is 79.2 Å². The summed E-state index contributed by atoms with van der Waals surface area (Å²) in [6.07, 6.45) is 3.08.